The van der Waals surface area contributed by atoms with Crippen LogP contribution in [0.2, 0.25) is 0 Å². The average Bonchev–Trinajstić information content (AvgIpc) is 2.87. The molecule has 0 spiro atoms. The first-order valence-electron chi connectivity index (χ1n) is 6.41. The van der Waals surface area contributed by atoms with Gasteiger partial charge in [-0.1, -0.05) is 0 Å². The number of nitrogens with one attached hydrogen (secondary N) is 1. The summed E-state index contributed by atoms with van der Waals surface area (Å²) in [5.74, 6) is -1.17. The van der Waals surface area contributed by atoms with E-state index in [0.717, 1.165) is 4.57 Å². The van der Waals surface area contributed by atoms with Crippen LogP contribution in [0.5, 0.6) is 0 Å². The van der Waals surface area contributed by atoms with Crippen LogP contribution in [-0.4, -0.2) is 46.7 Å². The summed E-state index contributed by atoms with van der Waals surface area (Å²) >= 11 is 0. The van der Waals surface area contributed by atoms with Crippen LogP contribution in [0.25, 0.3) is 0 Å². The highest BCUT2D eigenvalue weighted by atomic mass is 31.3. The molecule has 15 heteroatoms. The molecule has 6 N–H and O–H groups in total. The van der Waals surface area contributed by atoms with Crippen molar-refractivity contribution >= 4 is 16.3 Å². The molecule has 0 bridgehead atoms. The summed E-state index contributed by atoms with van der Waals surface area (Å²) < 4.78 is 27.8. The molecule has 1 saturated heterocycles. The number of rotatable bonds is 6. The first-order valence-corrected chi connectivity index (χ1v) is 9.50. The van der Waals surface area contributed by atoms with Gasteiger partial charge in [-0.15, -0.1) is 4.52 Å². The minimum absolute atomic E-state index is 0.236. The lowest BCUT2D eigenvalue weighted by Crippen LogP contribution is -2.34. The van der Waals surface area contributed by atoms with Gasteiger partial charge < -0.3 is 4.74 Å². The first kappa shape index (κ1) is 19.5. The Balaban J connectivity index is 1.95. The maximum absolute atomic E-state index is 13.2. The Morgan fingerprint density at radius 3 is 2.58 bits per heavy atom. The van der Waals surface area contributed by atoms with Crippen molar-refractivity contribution in [3.05, 3.63) is 32.9 Å². The van der Waals surface area contributed by atoms with Crippen LogP contribution in [0.15, 0.2) is 15.8 Å². The standard InChI is InChI=1S/C9H14FN2O10P2/c10-6-3-12(9(14)11-8(6)13)7-2-1-5(21-7)4-20-24(18,19)22-23(15,16)17/h3,5,7,15-19H,1-2,4H2/q+1/p+1. The smallest absolute Gasteiger partial charge is 0.352 e. The van der Waals surface area contributed by atoms with Crippen LogP contribution in [-0.2, 0) is 13.6 Å². The van der Waals surface area contributed by atoms with Gasteiger partial charge >= 0.3 is 22.0 Å². The number of aromatic nitrogens is 2. The van der Waals surface area contributed by atoms with Crippen molar-refractivity contribution in [2.45, 2.75) is 25.2 Å². The van der Waals surface area contributed by atoms with Gasteiger partial charge in [0.1, 0.15) is 12.8 Å². The largest absolute Gasteiger partial charge is 0.620 e. The van der Waals surface area contributed by atoms with E-state index in [-0.39, 0.29) is 12.8 Å². The van der Waals surface area contributed by atoms with Crippen molar-refractivity contribution in [1.29, 1.82) is 0 Å². The summed E-state index contributed by atoms with van der Waals surface area (Å²) in [6.07, 6.45) is -0.475. The van der Waals surface area contributed by atoms with E-state index >= 15 is 0 Å². The summed E-state index contributed by atoms with van der Waals surface area (Å²) in [5.41, 5.74) is -2.04. The SMILES string of the molecule is O=c1[nH]c(=O)n(C2CCC(CO[P+](O)(O)O[P+](O)(O)O)O2)cc1F. The molecule has 2 unspecified atom stereocenters. The summed E-state index contributed by atoms with van der Waals surface area (Å²) in [6, 6.07) is 0. The van der Waals surface area contributed by atoms with Gasteiger partial charge in [-0.3, -0.25) is 14.3 Å². The quantitative estimate of drug-likeness (QED) is 0.318. The Kier molecular flexibility index (Phi) is 5.83. The Hall–Kier alpha value is -0.850. The lowest BCUT2D eigenvalue weighted by molar-refractivity contribution is -0.0278. The Morgan fingerprint density at radius 1 is 1.29 bits per heavy atom. The molecule has 2 heterocycles. The molecular formula is C9H15FN2O10P2+2. The summed E-state index contributed by atoms with van der Waals surface area (Å²) in [4.78, 5) is 68.7. The minimum Gasteiger partial charge on any atom is -0.352 e. The van der Waals surface area contributed by atoms with Crippen LogP contribution < -0.4 is 11.2 Å². The van der Waals surface area contributed by atoms with Gasteiger partial charge in [0.25, 0.3) is 5.56 Å². The molecule has 0 saturated carbocycles. The minimum atomic E-state index is -4.91. The van der Waals surface area contributed by atoms with Crippen LogP contribution >= 0.6 is 16.3 Å². The van der Waals surface area contributed by atoms with E-state index in [4.69, 9.17) is 19.4 Å². The van der Waals surface area contributed by atoms with Crippen LogP contribution in [0.3, 0.4) is 0 Å². The normalized spacial score (nSPS) is 22.1. The predicted molar refractivity (Wildman–Crippen MR) is 76.4 cm³/mol. The Bertz CT molecular complexity index is 701. The average molecular weight is 392 g/mol. The first-order chi connectivity index (χ1) is 11.0. The van der Waals surface area contributed by atoms with Crippen molar-refractivity contribution in [2.75, 3.05) is 6.61 Å². The van der Waals surface area contributed by atoms with Gasteiger partial charge in [0.05, 0.1) is 16.6 Å². The maximum atomic E-state index is 13.2. The number of halogens is 1. The second kappa shape index (κ2) is 7.18. The van der Waals surface area contributed by atoms with Gasteiger partial charge in [0.2, 0.25) is 5.82 Å². The van der Waals surface area contributed by atoms with Crippen molar-refractivity contribution in [1.82, 2.24) is 9.55 Å². The lowest BCUT2D eigenvalue weighted by Gasteiger charge is -2.15. The molecule has 1 aliphatic heterocycles. The molecular weight excluding hydrogens is 377 g/mol. The number of hydrogen-bond donors (Lipinski definition) is 6. The van der Waals surface area contributed by atoms with Gasteiger partial charge in [-0.25, -0.2) is 4.79 Å². The molecule has 1 aliphatic rings. The van der Waals surface area contributed by atoms with Gasteiger partial charge in [-0.2, -0.15) is 28.9 Å². The van der Waals surface area contributed by atoms with E-state index in [2.05, 4.69) is 8.83 Å². The van der Waals surface area contributed by atoms with E-state index in [1.54, 1.807) is 4.98 Å². The molecule has 136 valence electrons. The lowest BCUT2D eigenvalue weighted by atomic mass is 10.2. The summed E-state index contributed by atoms with van der Waals surface area (Å²) in [6.45, 7) is -0.474. The Labute approximate surface area is 134 Å². The van der Waals surface area contributed by atoms with Crippen molar-refractivity contribution in [3.8, 4) is 0 Å². The zero-order valence-electron chi connectivity index (χ0n) is 11.9. The molecule has 0 aliphatic carbocycles. The molecule has 2 rings (SSSR count). The molecule has 2 atom stereocenters. The summed E-state index contributed by atoms with van der Waals surface area (Å²) in [7, 11) is -9.60. The second-order valence-electron chi connectivity index (χ2n) is 4.81. The van der Waals surface area contributed by atoms with E-state index in [0.29, 0.717) is 6.20 Å². The van der Waals surface area contributed by atoms with E-state index in [9.17, 15) is 23.8 Å². The highest BCUT2D eigenvalue weighted by Crippen LogP contribution is 2.67. The van der Waals surface area contributed by atoms with Crippen molar-refractivity contribution in [2.24, 2.45) is 0 Å². The van der Waals surface area contributed by atoms with Gasteiger partial charge in [-0.05, 0) is 12.8 Å². The third-order valence-electron chi connectivity index (χ3n) is 2.96. The molecule has 1 fully saturated rings. The van der Waals surface area contributed by atoms with Crippen LogP contribution in [0, 0.1) is 5.82 Å². The number of aromatic amines is 1. The van der Waals surface area contributed by atoms with Crippen molar-refractivity contribution in [3.63, 3.8) is 0 Å². The van der Waals surface area contributed by atoms with E-state index in [1.165, 1.54) is 0 Å². The maximum Gasteiger partial charge on any atom is 0.620 e. The molecule has 24 heavy (non-hydrogen) atoms. The molecule has 12 nitrogen and oxygen atoms in total. The highest BCUT2D eigenvalue weighted by Gasteiger charge is 2.58. The molecule has 0 aromatic carbocycles. The fourth-order valence-corrected chi connectivity index (χ4v) is 3.73. The second-order valence-corrected chi connectivity index (χ2v) is 7.73. The number of H-pyrrole nitrogens is 1. The topological polar surface area (TPSA) is 184 Å². The zero-order chi connectivity index (χ0) is 18.1. The fraction of sp³-hybridized carbons (Fsp3) is 0.556. The molecule has 1 aromatic rings. The number of hydrogen-bond acceptors (Lipinski definition) is 10. The van der Waals surface area contributed by atoms with Gasteiger partial charge in [0.15, 0.2) is 0 Å². The van der Waals surface area contributed by atoms with Crippen LogP contribution in [0.1, 0.15) is 19.1 Å². The molecule has 0 amide bonds. The highest BCUT2D eigenvalue weighted by molar-refractivity contribution is 7.67. The predicted octanol–water partition coefficient (Wildman–Crippen LogP) is -1.30. The third-order valence-corrected chi connectivity index (χ3v) is 5.18. The van der Waals surface area contributed by atoms with E-state index < -0.39 is 52.3 Å². The summed E-state index contributed by atoms with van der Waals surface area (Å²) in [5, 5.41) is 0. The van der Waals surface area contributed by atoms with Gasteiger partial charge in [0, 0.05) is 0 Å². The van der Waals surface area contributed by atoms with Crippen LogP contribution in [0.4, 0.5) is 4.39 Å². The Morgan fingerprint density at radius 2 is 1.96 bits per heavy atom. The zero-order valence-corrected chi connectivity index (χ0v) is 13.6. The number of nitrogens with zero attached hydrogens (tertiary/aromatic N) is 1. The number of ether oxygens (including phenoxy) is 1. The third kappa shape index (κ3) is 5.33. The fourth-order valence-electron chi connectivity index (χ4n) is 2.04. The van der Waals surface area contributed by atoms with Crippen molar-refractivity contribution < 1.29 is 42.4 Å². The molecule has 0 radical (unpaired) electrons. The monoisotopic (exact) mass is 392 g/mol. The van der Waals surface area contributed by atoms with E-state index in [1.807, 2.05) is 0 Å². The molecule has 1 aromatic heterocycles.